The molecule has 5 nitrogen and oxygen atoms in total. The predicted molar refractivity (Wildman–Crippen MR) is 98.1 cm³/mol. The van der Waals surface area contributed by atoms with E-state index in [9.17, 15) is 0 Å². The minimum Gasteiger partial charge on any atom is -0.497 e. The monoisotopic (exact) mass is 339 g/mol. The van der Waals surface area contributed by atoms with Gasteiger partial charge in [0.1, 0.15) is 11.5 Å². The number of likely N-dealkylation sites (tertiary alicyclic amines) is 1. The summed E-state index contributed by atoms with van der Waals surface area (Å²) in [5.41, 5.74) is 3.60. The molecule has 0 atom stereocenters. The second-order valence-electron chi connectivity index (χ2n) is 6.96. The normalized spacial score (nSPS) is 16.6. The van der Waals surface area contributed by atoms with Gasteiger partial charge in [-0.15, -0.1) is 0 Å². The topological polar surface area (TPSA) is 54.3 Å². The van der Waals surface area contributed by atoms with Crippen LogP contribution in [-0.4, -0.2) is 35.1 Å². The second kappa shape index (κ2) is 6.56. The Morgan fingerprint density at radius 3 is 2.76 bits per heavy atom. The van der Waals surface area contributed by atoms with Crippen LogP contribution in [0.4, 0.5) is 0 Å². The Morgan fingerprint density at radius 1 is 1.28 bits per heavy atom. The quantitative estimate of drug-likeness (QED) is 0.775. The molecule has 0 aliphatic carbocycles. The van der Waals surface area contributed by atoms with E-state index in [2.05, 4.69) is 33.2 Å². The van der Waals surface area contributed by atoms with Crippen LogP contribution in [0.1, 0.15) is 41.7 Å². The number of methoxy groups -OCH3 is 1. The van der Waals surface area contributed by atoms with Crippen LogP contribution in [0.25, 0.3) is 10.9 Å². The number of rotatable bonds is 4. The molecular formula is C20H25N3O2. The summed E-state index contributed by atoms with van der Waals surface area (Å²) in [4.78, 5) is 10.3. The molecule has 1 aliphatic rings. The van der Waals surface area contributed by atoms with E-state index >= 15 is 0 Å². The molecule has 0 spiro atoms. The maximum absolute atomic E-state index is 5.73. The number of piperidine rings is 1. The van der Waals surface area contributed by atoms with E-state index in [1.54, 1.807) is 7.11 Å². The summed E-state index contributed by atoms with van der Waals surface area (Å²) in [6, 6.07) is 6.25. The highest BCUT2D eigenvalue weighted by Crippen LogP contribution is 2.35. The number of hydrogen-bond donors (Lipinski definition) is 1. The Hall–Kier alpha value is -2.27. The molecule has 4 rings (SSSR count). The van der Waals surface area contributed by atoms with Gasteiger partial charge < -0.3 is 14.1 Å². The number of aryl methyl sites for hydroxylation is 2. The molecule has 0 bridgehead atoms. The van der Waals surface area contributed by atoms with Gasteiger partial charge in [-0.2, -0.15) is 0 Å². The average Bonchev–Trinajstić information content (AvgIpc) is 3.18. The zero-order valence-corrected chi connectivity index (χ0v) is 15.1. The molecule has 5 heteroatoms. The zero-order valence-electron chi connectivity index (χ0n) is 15.1. The van der Waals surface area contributed by atoms with Crippen molar-refractivity contribution in [2.24, 2.45) is 0 Å². The fourth-order valence-electron chi connectivity index (χ4n) is 3.79. The van der Waals surface area contributed by atoms with Gasteiger partial charge in [-0.25, -0.2) is 4.98 Å². The molecule has 1 aliphatic heterocycles. The number of fused-ring (bicyclic) bond motifs is 1. The summed E-state index contributed by atoms with van der Waals surface area (Å²) < 4.78 is 11.1. The summed E-state index contributed by atoms with van der Waals surface area (Å²) in [6.45, 7) is 6.93. The minimum atomic E-state index is 0.588. The first-order chi connectivity index (χ1) is 12.1. The summed E-state index contributed by atoms with van der Waals surface area (Å²) in [7, 11) is 1.72. The van der Waals surface area contributed by atoms with Crippen LogP contribution in [0.2, 0.25) is 0 Å². The highest BCUT2D eigenvalue weighted by atomic mass is 16.5. The van der Waals surface area contributed by atoms with Crippen molar-refractivity contribution in [1.29, 1.82) is 0 Å². The van der Waals surface area contributed by atoms with E-state index in [1.165, 1.54) is 16.5 Å². The number of H-pyrrole nitrogens is 1. The number of aromatic amines is 1. The molecule has 3 aromatic rings. The van der Waals surface area contributed by atoms with Gasteiger partial charge in [0.2, 0.25) is 5.89 Å². The lowest BCUT2D eigenvalue weighted by molar-refractivity contribution is 0.187. The lowest BCUT2D eigenvalue weighted by atomic mass is 9.89. The van der Waals surface area contributed by atoms with Gasteiger partial charge in [-0.1, -0.05) is 0 Å². The van der Waals surface area contributed by atoms with Gasteiger partial charge in [-0.05, 0) is 69.5 Å². The van der Waals surface area contributed by atoms with E-state index in [1.807, 2.05) is 19.9 Å². The molecule has 1 fully saturated rings. The molecule has 0 saturated carbocycles. The van der Waals surface area contributed by atoms with Crippen molar-refractivity contribution < 1.29 is 9.15 Å². The highest BCUT2D eigenvalue weighted by Gasteiger charge is 2.24. The number of oxazole rings is 1. The molecule has 25 heavy (non-hydrogen) atoms. The van der Waals surface area contributed by atoms with Crippen molar-refractivity contribution in [3.8, 4) is 5.75 Å². The Bertz CT molecular complexity index is 853. The Kier molecular flexibility index (Phi) is 4.25. The van der Waals surface area contributed by atoms with Gasteiger partial charge in [-0.3, -0.25) is 4.90 Å². The molecule has 132 valence electrons. The maximum Gasteiger partial charge on any atom is 0.208 e. The fraction of sp³-hybridized carbons (Fsp3) is 0.450. The first-order valence-corrected chi connectivity index (χ1v) is 8.94. The molecule has 2 aromatic heterocycles. The standard InChI is InChI=1S/C20H25N3O2/c1-13-14(2)25-20(22-13)12-23-8-6-15(7-9-23)18-11-21-19-5-4-16(24-3)10-17(18)19/h4-5,10-11,15,21H,6-9,12H2,1-3H3. The fourth-order valence-corrected chi connectivity index (χ4v) is 3.79. The van der Waals surface area contributed by atoms with Crippen LogP contribution in [-0.2, 0) is 6.54 Å². The van der Waals surface area contributed by atoms with Crippen LogP contribution in [0, 0.1) is 13.8 Å². The van der Waals surface area contributed by atoms with Crippen molar-refractivity contribution in [3.63, 3.8) is 0 Å². The Labute approximate surface area is 148 Å². The van der Waals surface area contributed by atoms with Crippen molar-refractivity contribution in [3.05, 3.63) is 47.3 Å². The van der Waals surface area contributed by atoms with Crippen molar-refractivity contribution in [2.75, 3.05) is 20.2 Å². The molecule has 1 N–H and O–H groups in total. The molecule has 1 aromatic carbocycles. The van der Waals surface area contributed by atoms with Gasteiger partial charge >= 0.3 is 0 Å². The van der Waals surface area contributed by atoms with Gasteiger partial charge in [0.15, 0.2) is 0 Å². The molecular weight excluding hydrogens is 314 g/mol. The smallest absolute Gasteiger partial charge is 0.208 e. The van der Waals surface area contributed by atoms with E-state index in [-0.39, 0.29) is 0 Å². The third-order valence-electron chi connectivity index (χ3n) is 5.38. The van der Waals surface area contributed by atoms with Crippen LogP contribution in [0.3, 0.4) is 0 Å². The SMILES string of the molecule is COc1ccc2[nH]cc(C3CCN(Cc4nc(C)c(C)o4)CC3)c2c1. The van der Waals surface area contributed by atoms with Crippen LogP contribution in [0.15, 0.2) is 28.8 Å². The van der Waals surface area contributed by atoms with E-state index in [0.29, 0.717) is 5.92 Å². The van der Waals surface area contributed by atoms with Crippen molar-refractivity contribution >= 4 is 10.9 Å². The van der Waals surface area contributed by atoms with Crippen molar-refractivity contribution in [2.45, 2.75) is 39.2 Å². The van der Waals surface area contributed by atoms with Crippen LogP contribution in [0.5, 0.6) is 5.75 Å². The van der Waals surface area contributed by atoms with E-state index in [4.69, 9.17) is 9.15 Å². The van der Waals surface area contributed by atoms with Crippen molar-refractivity contribution in [1.82, 2.24) is 14.9 Å². The zero-order chi connectivity index (χ0) is 17.4. The molecule has 1 saturated heterocycles. The first-order valence-electron chi connectivity index (χ1n) is 8.94. The van der Waals surface area contributed by atoms with E-state index in [0.717, 1.165) is 55.6 Å². The summed E-state index contributed by atoms with van der Waals surface area (Å²) >= 11 is 0. The number of benzene rings is 1. The van der Waals surface area contributed by atoms with Crippen LogP contribution < -0.4 is 4.74 Å². The maximum atomic E-state index is 5.73. The molecule has 0 radical (unpaired) electrons. The first kappa shape index (κ1) is 16.2. The molecule has 3 heterocycles. The highest BCUT2D eigenvalue weighted by molar-refractivity contribution is 5.85. The van der Waals surface area contributed by atoms with E-state index < -0.39 is 0 Å². The van der Waals surface area contributed by atoms with Gasteiger partial charge in [0.25, 0.3) is 0 Å². The number of nitrogens with one attached hydrogen (secondary N) is 1. The van der Waals surface area contributed by atoms with Gasteiger partial charge in [0, 0.05) is 17.1 Å². The predicted octanol–water partition coefficient (Wildman–Crippen LogP) is 4.16. The minimum absolute atomic E-state index is 0.588. The third kappa shape index (κ3) is 3.16. The Balaban J connectivity index is 1.45. The number of aromatic nitrogens is 2. The molecule has 0 unspecified atom stereocenters. The van der Waals surface area contributed by atoms with Gasteiger partial charge in [0.05, 0.1) is 19.3 Å². The number of hydrogen-bond acceptors (Lipinski definition) is 4. The summed E-state index contributed by atoms with van der Waals surface area (Å²) in [6.07, 6.45) is 4.48. The Morgan fingerprint density at radius 2 is 2.08 bits per heavy atom. The number of nitrogens with zero attached hydrogens (tertiary/aromatic N) is 2. The number of ether oxygens (including phenoxy) is 1. The lowest BCUT2D eigenvalue weighted by Gasteiger charge is -2.31. The van der Waals surface area contributed by atoms with Crippen LogP contribution >= 0.6 is 0 Å². The lowest BCUT2D eigenvalue weighted by Crippen LogP contribution is -2.32. The third-order valence-corrected chi connectivity index (χ3v) is 5.38. The summed E-state index contributed by atoms with van der Waals surface area (Å²) in [5, 5.41) is 1.29. The average molecular weight is 339 g/mol. The molecule has 0 amide bonds. The summed E-state index contributed by atoms with van der Waals surface area (Å²) in [5.74, 6) is 3.27. The largest absolute Gasteiger partial charge is 0.497 e. The second-order valence-corrected chi connectivity index (χ2v) is 6.96.